The maximum Gasteiger partial charge on any atom is 0.399 e. The van der Waals surface area contributed by atoms with Gasteiger partial charge in [-0.15, -0.1) is 11.3 Å². The topological polar surface area (TPSA) is 127 Å². The number of likely N-dealkylation sites (tertiary alicyclic amines) is 1. The Labute approximate surface area is 277 Å². The molecule has 1 aliphatic carbocycles. The molecule has 3 aliphatic heterocycles. The molecule has 3 saturated heterocycles. The number of fused-ring (bicyclic) bond motifs is 3. The van der Waals surface area contributed by atoms with Crippen LogP contribution in [0.3, 0.4) is 0 Å². The molecule has 3 amide bonds. The molecule has 1 aromatic heterocycles. The van der Waals surface area contributed by atoms with Crippen molar-refractivity contribution in [1.82, 2.24) is 15.1 Å². The van der Waals surface area contributed by atoms with Crippen LogP contribution < -0.4 is 5.32 Å². The van der Waals surface area contributed by atoms with Crippen LogP contribution in [0.4, 0.5) is 17.6 Å². The molecule has 3 aromatic rings. The number of rotatable bonds is 8. The maximum atomic E-state index is 14.3. The Balaban J connectivity index is 1.09. The minimum atomic E-state index is -5.78. The second kappa shape index (κ2) is 11.9. The highest BCUT2D eigenvalue weighted by Crippen LogP contribution is 2.59. The molecule has 4 fully saturated rings. The second-order valence-electron chi connectivity index (χ2n) is 13.6. The molecule has 0 radical (unpaired) electrons. The number of hydrogen-bond acceptors (Lipinski definition) is 5. The molecule has 0 unspecified atom stereocenters. The van der Waals surface area contributed by atoms with Crippen molar-refractivity contribution in [3.05, 3.63) is 70.6 Å². The number of halogens is 4. The van der Waals surface area contributed by atoms with Gasteiger partial charge in [0.15, 0.2) is 0 Å². The summed E-state index contributed by atoms with van der Waals surface area (Å²) in [5.41, 5.74) is -5.40. The number of alkyl halides is 4. The van der Waals surface area contributed by atoms with Crippen molar-refractivity contribution in [3.8, 4) is 0 Å². The van der Waals surface area contributed by atoms with Gasteiger partial charge in [-0.1, -0.05) is 36.4 Å². The van der Waals surface area contributed by atoms with Crippen molar-refractivity contribution in [2.75, 3.05) is 13.1 Å². The summed E-state index contributed by atoms with van der Waals surface area (Å²) >= 11 is 0.994. The van der Waals surface area contributed by atoms with Crippen molar-refractivity contribution in [3.63, 3.8) is 0 Å². The Bertz CT molecular complexity index is 1810. The van der Waals surface area contributed by atoms with Gasteiger partial charge in [-0.3, -0.25) is 18.9 Å². The lowest BCUT2D eigenvalue weighted by Crippen LogP contribution is -2.65. The minimum absolute atomic E-state index is 0.127. The Morgan fingerprint density at radius 1 is 1.02 bits per heavy atom. The number of thiophene rings is 1. The van der Waals surface area contributed by atoms with Crippen LogP contribution in [0.5, 0.6) is 0 Å². The molecule has 4 aliphatic rings. The molecule has 0 bridgehead atoms. The smallest absolute Gasteiger partial charge is 0.340 e. The van der Waals surface area contributed by atoms with Gasteiger partial charge in [0.05, 0.1) is 4.88 Å². The lowest BCUT2D eigenvalue weighted by Gasteiger charge is -2.52. The number of nitrogens with one attached hydrogen (secondary N) is 1. The zero-order valence-corrected chi connectivity index (χ0v) is 27.3. The summed E-state index contributed by atoms with van der Waals surface area (Å²) < 4.78 is 67.7. The molecular weight excluding hydrogens is 673 g/mol. The third kappa shape index (κ3) is 5.84. The quantitative estimate of drug-likeness (QED) is 0.211. The Morgan fingerprint density at radius 3 is 2.42 bits per heavy atom. The number of benzene rings is 2. The highest BCUT2D eigenvalue weighted by Gasteiger charge is 2.55. The molecule has 2 aromatic carbocycles. The van der Waals surface area contributed by atoms with E-state index in [0.29, 0.717) is 29.9 Å². The molecule has 3 N–H and O–H groups in total. The average Bonchev–Trinajstić information content (AvgIpc) is 3.38. The molecular formula is C33H34F4N3O6PS. The number of carbonyl (C=O) groups is 3. The van der Waals surface area contributed by atoms with Crippen LogP contribution in [-0.2, 0) is 25.2 Å². The zero-order valence-electron chi connectivity index (χ0n) is 25.6. The fourth-order valence-corrected chi connectivity index (χ4v) is 9.36. The fourth-order valence-electron chi connectivity index (χ4n) is 7.94. The van der Waals surface area contributed by atoms with Crippen LogP contribution in [0.15, 0.2) is 54.6 Å². The van der Waals surface area contributed by atoms with Gasteiger partial charge in [-0.2, -0.15) is 8.78 Å². The summed E-state index contributed by atoms with van der Waals surface area (Å²) in [6.45, 7) is 0.254. The van der Waals surface area contributed by atoms with E-state index in [2.05, 4.69) is 5.32 Å². The van der Waals surface area contributed by atoms with Crippen LogP contribution >= 0.6 is 18.9 Å². The molecule has 15 heteroatoms. The number of carbonyl (C=O) groups excluding carboxylic acids is 3. The summed E-state index contributed by atoms with van der Waals surface area (Å²) in [6.07, 6.45) is 0.193. The monoisotopic (exact) mass is 707 g/mol. The van der Waals surface area contributed by atoms with Gasteiger partial charge in [0.1, 0.15) is 12.1 Å². The number of amides is 3. The standard InChI is InChI=1S/C33H34F4N3O6PS/c34-28(35)15-32(21-4-2-1-3-5-21)16-39(17-32)31(43)25-8-7-23-12-18-10-19(18)13-24(30(42)40(23)25)38-29(41)27-14-20-11-22(6-9-26(20)48-27)33(36,37)47(44,45)46/h1-6,9,11,14,18-19,23-25,28H,7-8,10,12-13,15-17H2,(H,38,41)(H2,44,45,46)/t18-,19+,23+,24-,25-/m0/s1. The van der Waals surface area contributed by atoms with E-state index in [4.69, 9.17) is 9.79 Å². The molecule has 4 heterocycles. The van der Waals surface area contributed by atoms with Crippen molar-refractivity contribution >= 4 is 46.7 Å². The van der Waals surface area contributed by atoms with Crippen molar-refractivity contribution in [1.29, 1.82) is 0 Å². The van der Waals surface area contributed by atoms with Crippen LogP contribution in [0.25, 0.3) is 10.1 Å². The average molecular weight is 708 g/mol. The van der Waals surface area contributed by atoms with E-state index in [-0.39, 0.29) is 53.5 Å². The summed E-state index contributed by atoms with van der Waals surface area (Å²) in [6, 6.07) is 11.5. The van der Waals surface area contributed by atoms with E-state index < -0.39 is 48.7 Å². The lowest BCUT2D eigenvalue weighted by atomic mass is 9.71. The van der Waals surface area contributed by atoms with Crippen LogP contribution in [0, 0.1) is 11.8 Å². The maximum absolute atomic E-state index is 14.3. The van der Waals surface area contributed by atoms with Gasteiger partial charge in [0, 0.05) is 41.2 Å². The summed E-state index contributed by atoms with van der Waals surface area (Å²) in [4.78, 5) is 63.1. The predicted molar refractivity (Wildman–Crippen MR) is 169 cm³/mol. The summed E-state index contributed by atoms with van der Waals surface area (Å²) in [5, 5.41) is 3.02. The first-order valence-electron chi connectivity index (χ1n) is 15.9. The van der Waals surface area contributed by atoms with Crippen LogP contribution in [0.1, 0.15) is 59.3 Å². The fraction of sp³-hybridized carbons (Fsp3) is 0.485. The van der Waals surface area contributed by atoms with E-state index >= 15 is 0 Å². The van der Waals surface area contributed by atoms with Crippen molar-refractivity contribution < 1.29 is 46.3 Å². The zero-order chi connectivity index (χ0) is 34.2. The Morgan fingerprint density at radius 2 is 1.73 bits per heavy atom. The highest BCUT2D eigenvalue weighted by atomic mass is 32.1. The molecule has 7 rings (SSSR count). The molecule has 48 heavy (non-hydrogen) atoms. The number of nitrogens with zero attached hydrogens (tertiary/aromatic N) is 2. The first kappa shape index (κ1) is 33.2. The van der Waals surface area contributed by atoms with Crippen LogP contribution in [0.2, 0.25) is 0 Å². The molecule has 5 atom stereocenters. The van der Waals surface area contributed by atoms with E-state index in [0.717, 1.165) is 41.9 Å². The molecule has 9 nitrogen and oxygen atoms in total. The highest BCUT2D eigenvalue weighted by molar-refractivity contribution is 7.52. The van der Waals surface area contributed by atoms with Crippen LogP contribution in [-0.4, -0.2) is 74.9 Å². The van der Waals surface area contributed by atoms with E-state index in [1.54, 1.807) is 40.1 Å². The van der Waals surface area contributed by atoms with Gasteiger partial charge in [0.2, 0.25) is 18.2 Å². The Hall–Kier alpha value is -3.32. The molecule has 0 spiro atoms. The van der Waals surface area contributed by atoms with Gasteiger partial charge >= 0.3 is 13.3 Å². The van der Waals surface area contributed by atoms with E-state index in [1.807, 2.05) is 0 Å². The van der Waals surface area contributed by atoms with E-state index in [9.17, 15) is 36.5 Å². The SMILES string of the molecule is O=C(N[C@H]1C[C@H]2C[C@H]2C[C@H]2CC[C@@H](C(=O)N3CC(CC(F)F)(c4ccccc4)C3)N2C1=O)c1cc2cc(C(F)(F)P(=O)(O)O)ccc2s1. The summed E-state index contributed by atoms with van der Waals surface area (Å²) in [5.74, 6) is -0.652. The predicted octanol–water partition coefficient (Wildman–Crippen LogP) is 5.45. The first-order valence-corrected chi connectivity index (χ1v) is 18.3. The second-order valence-corrected chi connectivity index (χ2v) is 16.4. The van der Waals surface area contributed by atoms with E-state index in [1.165, 1.54) is 12.1 Å². The van der Waals surface area contributed by atoms with Gasteiger partial charge in [-0.25, -0.2) is 8.78 Å². The first-order chi connectivity index (χ1) is 22.7. The molecule has 256 valence electrons. The van der Waals surface area contributed by atoms with Gasteiger partial charge in [0.25, 0.3) is 5.91 Å². The summed E-state index contributed by atoms with van der Waals surface area (Å²) in [7, 11) is -5.78. The lowest BCUT2D eigenvalue weighted by molar-refractivity contribution is -0.152. The third-order valence-electron chi connectivity index (χ3n) is 10.5. The van der Waals surface area contributed by atoms with Crippen molar-refractivity contribution in [2.24, 2.45) is 11.8 Å². The third-order valence-corrected chi connectivity index (χ3v) is 12.6. The largest absolute Gasteiger partial charge is 0.399 e. The minimum Gasteiger partial charge on any atom is -0.340 e. The number of hydrogen-bond donors (Lipinski definition) is 3. The van der Waals surface area contributed by atoms with Gasteiger partial charge < -0.3 is 24.9 Å². The molecule has 1 saturated carbocycles. The van der Waals surface area contributed by atoms with Gasteiger partial charge in [-0.05, 0) is 73.1 Å². The Kier molecular flexibility index (Phi) is 8.25. The van der Waals surface area contributed by atoms with Crippen molar-refractivity contribution in [2.45, 2.75) is 74.2 Å². The normalized spacial score (nSPS) is 26.8.